The van der Waals surface area contributed by atoms with E-state index in [0.717, 1.165) is 0 Å². The van der Waals surface area contributed by atoms with Crippen molar-refractivity contribution in [1.82, 2.24) is 9.97 Å². The molecule has 2 N–H and O–H groups in total. The Labute approximate surface area is 105 Å². The lowest BCUT2D eigenvalue weighted by Crippen LogP contribution is -2.06. The van der Waals surface area contributed by atoms with Gasteiger partial charge in [0.05, 0.1) is 12.8 Å². The third-order valence-electron chi connectivity index (χ3n) is 2.52. The van der Waals surface area contributed by atoms with Crippen LogP contribution in [0.15, 0.2) is 30.5 Å². The minimum Gasteiger partial charge on any atom is -0.494 e. The smallest absolute Gasteiger partial charge is 0.165 e. The van der Waals surface area contributed by atoms with Crippen LogP contribution in [0.4, 0.5) is 4.39 Å². The van der Waals surface area contributed by atoms with E-state index in [1.165, 1.54) is 13.2 Å². The lowest BCUT2D eigenvalue weighted by Gasteiger charge is -2.06. The normalized spacial score (nSPS) is 10.4. The van der Waals surface area contributed by atoms with E-state index in [2.05, 4.69) is 9.97 Å². The van der Waals surface area contributed by atoms with Crippen LogP contribution >= 0.6 is 0 Å². The summed E-state index contributed by atoms with van der Waals surface area (Å²) in [5, 5.41) is 0. The van der Waals surface area contributed by atoms with Crippen molar-refractivity contribution in [1.29, 1.82) is 0 Å². The van der Waals surface area contributed by atoms with Gasteiger partial charge in [-0.05, 0) is 30.8 Å². The molecule has 2 rings (SSSR count). The van der Waals surface area contributed by atoms with Crippen molar-refractivity contribution >= 4 is 0 Å². The van der Waals surface area contributed by atoms with Crippen LogP contribution in [-0.2, 0) is 6.42 Å². The van der Waals surface area contributed by atoms with Crippen LogP contribution in [0.2, 0.25) is 0 Å². The van der Waals surface area contributed by atoms with Crippen LogP contribution in [0, 0.1) is 5.82 Å². The van der Waals surface area contributed by atoms with Gasteiger partial charge < -0.3 is 10.5 Å². The van der Waals surface area contributed by atoms with Crippen molar-refractivity contribution in [3.05, 3.63) is 42.1 Å². The first-order valence-corrected chi connectivity index (χ1v) is 5.60. The highest BCUT2D eigenvalue weighted by Gasteiger charge is 2.07. The van der Waals surface area contributed by atoms with Crippen LogP contribution in [0.3, 0.4) is 0 Å². The molecule has 0 radical (unpaired) electrons. The second-order valence-electron chi connectivity index (χ2n) is 3.75. The minimum atomic E-state index is -0.408. The summed E-state index contributed by atoms with van der Waals surface area (Å²) < 4.78 is 18.5. The molecule has 1 heterocycles. The van der Waals surface area contributed by atoms with Crippen LogP contribution in [0.1, 0.15) is 5.82 Å². The molecule has 0 unspecified atom stereocenters. The number of benzene rings is 1. The molecule has 94 valence electrons. The number of hydrogen-bond acceptors (Lipinski definition) is 4. The zero-order valence-electron chi connectivity index (χ0n) is 10.1. The summed E-state index contributed by atoms with van der Waals surface area (Å²) in [6.45, 7) is 0.487. The summed E-state index contributed by atoms with van der Waals surface area (Å²) in [6, 6.07) is 6.47. The van der Waals surface area contributed by atoms with Crippen molar-refractivity contribution in [2.24, 2.45) is 5.73 Å². The van der Waals surface area contributed by atoms with Gasteiger partial charge in [-0.15, -0.1) is 0 Å². The van der Waals surface area contributed by atoms with E-state index in [4.69, 9.17) is 10.5 Å². The van der Waals surface area contributed by atoms with Crippen molar-refractivity contribution in [2.45, 2.75) is 6.42 Å². The molecule has 0 aliphatic rings. The fourth-order valence-corrected chi connectivity index (χ4v) is 1.64. The SMILES string of the molecule is COc1ccc(-c2ccnc(CCN)n2)cc1F. The van der Waals surface area contributed by atoms with E-state index in [0.29, 0.717) is 30.0 Å². The van der Waals surface area contributed by atoms with Crippen molar-refractivity contribution in [2.75, 3.05) is 13.7 Å². The molecule has 0 atom stereocenters. The Balaban J connectivity index is 2.36. The number of aromatic nitrogens is 2. The Morgan fingerprint density at radius 1 is 1.33 bits per heavy atom. The Morgan fingerprint density at radius 3 is 2.83 bits per heavy atom. The fraction of sp³-hybridized carbons (Fsp3) is 0.231. The molecule has 18 heavy (non-hydrogen) atoms. The second-order valence-corrected chi connectivity index (χ2v) is 3.75. The molecule has 0 fully saturated rings. The van der Waals surface area contributed by atoms with Crippen molar-refractivity contribution < 1.29 is 9.13 Å². The third-order valence-corrected chi connectivity index (χ3v) is 2.52. The highest BCUT2D eigenvalue weighted by atomic mass is 19.1. The number of ether oxygens (including phenoxy) is 1. The van der Waals surface area contributed by atoms with Crippen molar-refractivity contribution in [3.63, 3.8) is 0 Å². The highest BCUT2D eigenvalue weighted by molar-refractivity contribution is 5.60. The molecular weight excluding hydrogens is 233 g/mol. The standard InChI is InChI=1S/C13H14FN3O/c1-18-12-3-2-9(8-10(12)14)11-5-7-16-13(17-11)4-6-15/h2-3,5,7-8H,4,6,15H2,1H3. The first kappa shape index (κ1) is 12.4. The quantitative estimate of drug-likeness (QED) is 0.894. The third kappa shape index (κ3) is 2.62. The monoisotopic (exact) mass is 247 g/mol. The summed E-state index contributed by atoms with van der Waals surface area (Å²) >= 11 is 0. The predicted molar refractivity (Wildman–Crippen MR) is 66.7 cm³/mol. The lowest BCUT2D eigenvalue weighted by molar-refractivity contribution is 0.386. The van der Waals surface area contributed by atoms with Gasteiger partial charge in [0.25, 0.3) is 0 Å². The molecule has 1 aromatic carbocycles. The van der Waals surface area contributed by atoms with Gasteiger partial charge in [-0.1, -0.05) is 0 Å². The van der Waals surface area contributed by atoms with E-state index >= 15 is 0 Å². The number of hydrogen-bond donors (Lipinski definition) is 1. The lowest BCUT2D eigenvalue weighted by atomic mass is 10.1. The summed E-state index contributed by atoms with van der Waals surface area (Å²) in [4.78, 5) is 8.43. The number of nitrogens with two attached hydrogens (primary N) is 1. The van der Waals surface area contributed by atoms with Gasteiger partial charge in [0.1, 0.15) is 5.82 Å². The zero-order chi connectivity index (χ0) is 13.0. The topological polar surface area (TPSA) is 61.0 Å². The summed E-state index contributed by atoms with van der Waals surface area (Å²) in [7, 11) is 1.43. The number of nitrogens with zero attached hydrogens (tertiary/aromatic N) is 2. The van der Waals surface area contributed by atoms with Crippen molar-refractivity contribution in [3.8, 4) is 17.0 Å². The van der Waals surface area contributed by atoms with Crippen LogP contribution < -0.4 is 10.5 Å². The molecule has 1 aromatic heterocycles. The molecule has 2 aromatic rings. The first-order chi connectivity index (χ1) is 8.74. The van der Waals surface area contributed by atoms with E-state index in [9.17, 15) is 4.39 Å². The Hall–Kier alpha value is -2.01. The van der Waals surface area contributed by atoms with Gasteiger partial charge in [0, 0.05) is 18.2 Å². The van der Waals surface area contributed by atoms with Gasteiger partial charge in [-0.25, -0.2) is 14.4 Å². The maximum Gasteiger partial charge on any atom is 0.165 e. The van der Waals surface area contributed by atoms with Gasteiger partial charge in [-0.3, -0.25) is 0 Å². The largest absolute Gasteiger partial charge is 0.494 e. The Kier molecular flexibility index (Phi) is 3.84. The van der Waals surface area contributed by atoms with Crippen LogP contribution in [0.25, 0.3) is 11.3 Å². The Bertz CT molecular complexity index is 546. The molecule has 0 aliphatic carbocycles. The van der Waals surface area contributed by atoms with E-state index in [1.54, 1.807) is 24.4 Å². The molecule has 0 spiro atoms. The number of halogens is 1. The molecule has 0 saturated heterocycles. The predicted octanol–water partition coefficient (Wildman–Crippen LogP) is 1.79. The average molecular weight is 247 g/mol. The summed E-state index contributed by atoms with van der Waals surface area (Å²) in [6.07, 6.45) is 2.25. The highest BCUT2D eigenvalue weighted by Crippen LogP contribution is 2.23. The fourth-order valence-electron chi connectivity index (χ4n) is 1.64. The molecular formula is C13H14FN3O. The van der Waals surface area contributed by atoms with Gasteiger partial charge in [0.15, 0.2) is 11.6 Å². The first-order valence-electron chi connectivity index (χ1n) is 5.60. The second kappa shape index (κ2) is 5.55. The molecule has 5 heteroatoms. The van der Waals surface area contributed by atoms with Gasteiger partial charge >= 0.3 is 0 Å². The van der Waals surface area contributed by atoms with Crippen LogP contribution in [-0.4, -0.2) is 23.6 Å². The summed E-state index contributed by atoms with van der Waals surface area (Å²) in [5.41, 5.74) is 6.82. The van der Waals surface area contributed by atoms with E-state index < -0.39 is 5.82 Å². The van der Waals surface area contributed by atoms with Gasteiger partial charge in [0.2, 0.25) is 0 Å². The molecule has 0 saturated carbocycles. The molecule has 0 amide bonds. The van der Waals surface area contributed by atoms with E-state index in [-0.39, 0.29) is 5.75 Å². The summed E-state index contributed by atoms with van der Waals surface area (Å²) in [5.74, 6) is 0.468. The minimum absolute atomic E-state index is 0.218. The van der Waals surface area contributed by atoms with Gasteiger partial charge in [-0.2, -0.15) is 0 Å². The number of rotatable bonds is 4. The molecule has 0 aliphatic heterocycles. The molecule has 4 nitrogen and oxygen atoms in total. The maximum absolute atomic E-state index is 13.6. The molecule has 0 bridgehead atoms. The number of methoxy groups -OCH3 is 1. The maximum atomic E-state index is 13.6. The van der Waals surface area contributed by atoms with E-state index in [1.807, 2.05) is 0 Å². The zero-order valence-corrected chi connectivity index (χ0v) is 10.1. The van der Waals surface area contributed by atoms with Crippen LogP contribution in [0.5, 0.6) is 5.75 Å². The average Bonchev–Trinajstić information content (AvgIpc) is 2.39. The Morgan fingerprint density at radius 2 is 2.17 bits per heavy atom.